The molecule has 0 bridgehead atoms. The Hall–Kier alpha value is -2.32. The molecule has 2 rings (SSSR count). The molecule has 8 heteroatoms. The highest BCUT2D eigenvalue weighted by Gasteiger charge is 2.36. The molecule has 1 aromatic rings. The van der Waals surface area contributed by atoms with Crippen molar-refractivity contribution < 1.29 is 14.5 Å². The molecule has 1 aliphatic heterocycles. The second-order valence-electron chi connectivity index (χ2n) is 5.56. The Kier molecular flexibility index (Phi) is 4.53. The number of fused-ring (bicyclic) bond motifs is 1. The fourth-order valence-electron chi connectivity index (χ4n) is 2.66. The number of carbonyl (C=O) groups is 2. The number of likely N-dealkylation sites (N-methyl/N-ethyl adjacent to an activating group) is 1. The average Bonchev–Trinajstić information content (AvgIpc) is 2.80. The monoisotopic (exact) mass is 306 g/mol. The molecule has 8 nitrogen and oxygen atoms in total. The van der Waals surface area contributed by atoms with Gasteiger partial charge in [0.25, 0.3) is 5.69 Å². The Balaban J connectivity index is 2.40. The van der Waals surface area contributed by atoms with Gasteiger partial charge in [0.05, 0.1) is 4.92 Å². The highest BCUT2D eigenvalue weighted by Crippen LogP contribution is 2.38. The maximum atomic E-state index is 12.0. The number of rotatable bonds is 6. The molecule has 0 aromatic heterocycles. The van der Waals surface area contributed by atoms with E-state index in [9.17, 15) is 19.7 Å². The van der Waals surface area contributed by atoms with E-state index < -0.39 is 16.7 Å². The summed E-state index contributed by atoms with van der Waals surface area (Å²) in [5.41, 5.74) is 6.77. The van der Waals surface area contributed by atoms with Crippen LogP contribution in [0.3, 0.4) is 0 Å². The quantitative estimate of drug-likeness (QED) is 0.266. The summed E-state index contributed by atoms with van der Waals surface area (Å²) in [7, 11) is 3.81. The number of nitrogens with two attached hydrogens (primary N) is 1. The number of nitrogens with zero attached hydrogens (tertiary/aromatic N) is 3. The van der Waals surface area contributed by atoms with Gasteiger partial charge in [0.2, 0.25) is 5.78 Å². The molecule has 0 amide bonds. The molecular formula is C14H18N4O4. The normalized spacial score (nSPS) is 17.5. The Morgan fingerprint density at radius 2 is 2.23 bits per heavy atom. The molecule has 1 heterocycles. The van der Waals surface area contributed by atoms with Crippen LogP contribution in [0.1, 0.15) is 17.2 Å². The van der Waals surface area contributed by atoms with E-state index in [2.05, 4.69) is 0 Å². The minimum atomic E-state index is -0.712. The molecule has 118 valence electrons. The summed E-state index contributed by atoms with van der Waals surface area (Å²) in [6.07, 6.45) is 0.292. The molecule has 0 saturated carbocycles. The van der Waals surface area contributed by atoms with Crippen molar-refractivity contribution in [3.05, 3.63) is 33.4 Å². The molecule has 0 aliphatic carbocycles. The largest absolute Gasteiger partial charge is 0.393 e. The fraction of sp³-hybridized carbons (Fsp3) is 0.429. The lowest BCUT2D eigenvalue weighted by Crippen LogP contribution is -2.34. The number of nitro groups is 1. The number of hydrogen-bond donors (Lipinski definition) is 1. The lowest BCUT2D eigenvalue weighted by Gasteiger charge is -2.23. The minimum absolute atomic E-state index is 0.00177. The van der Waals surface area contributed by atoms with Crippen LogP contribution in [-0.2, 0) is 16.1 Å². The van der Waals surface area contributed by atoms with E-state index >= 15 is 0 Å². The number of aldehydes is 1. The summed E-state index contributed by atoms with van der Waals surface area (Å²) in [4.78, 5) is 37.1. The maximum Gasteiger partial charge on any atom is 0.292 e. The van der Waals surface area contributed by atoms with Crippen LogP contribution in [0.25, 0.3) is 0 Å². The van der Waals surface area contributed by atoms with E-state index in [0.717, 1.165) is 0 Å². The smallest absolute Gasteiger partial charge is 0.292 e. The molecule has 0 saturated heterocycles. The zero-order valence-electron chi connectivity index (χ0n) is 12.5. The van der Waals surface area contributed by atoms with Gasteiger partial charge in [0, 0.05) is 25.7 Å². The predicted molar refractivity (Wildman–Crippen MR) is 80.3 cm³/mol. The third-order valence-electron chi connectivity index (χ3n) is 3.74. The fourth-order valence-corrected chi connectivity index (χ4v) is 2.66. The lowest BCUT2D eigenvalue weighted by atomic mass is 10.0. The molecule has 0 fully saturated rings. The number of anilines is 1. The van der Waals surface area contributed by atoms with Gasteiger partial charge in [-0.1, -0.05) is 0 Å². The SMILES string of the molecule is CN(C)CCN1Cc2cc([N+](=O)[O-])c(N)cc2C1C(=O)C=O. The number of benzene rings is 1. The summed E-state index contributed by atoms with van der Waals surface area (Å²) in [6.45, 7) is 1.66. The van der Waals surface area contributed by atoms with Gasteiger partial charge in [-0.2, -0.15) is 0 Å². The van der Waals surface area contributed by atoms with Gasteiger partial charge < -0.3 is 10.6 Å². The second kappa shape index (κ2) is 6.20. The van der Waals surface area contributed by atoms with Crippen LogP contribution >= 0.6 is 0 Å². The first kappa shape index (κ1) is 16.1. The second-order valence-corrected chi connectivity index (χ2v) is 5.56. The van der Waals surface area contributed by atoms with Gasteiger partial charge in [-0.3, -0.25) is 24.6 Å². The molecule has 1 aliphatic rings. The third kappa shape index (κ3) is 2.97. The molecular weight excluding hydrogens is 288 g/mol. The Morgan fingerprint density at radius 3 is 2.77 bits per heavy atom. The van der Waals surface area contributed by atoms with E-state index in [-0.39, 0.29) is 11.4 Å². The van der Waals surface area contributed by atoms with Crippen molar-refractivity contribution in [3.63, 3.8) is 0 Å². The van der Waals surface area contributed by atoms with Gasteiger partial charge in [-0.15, -0.1) is 0 Å². The van der Waals surface area contributed by atoms with E-state index in [1.165, 1.54) is 12.1 Å². The third-order valence-corrected chi connectivity index (χ3v) is 3.74. The first-order chi connectivity index (χ1) is 10.3. The van der Waals surface area contributed by atoms with Gasteiger partial charge in [-0.05, 0) is 31.3 Å². The molecule has 1 unspecified atom stereocenters. The van der Waals surface area contributed by atoms with Crippen LogP contribution in [0.15, 0.2) is 12.1 Å². The number of nitro benzene ring substituents is 1. The molecule has 0 radical (unpaired) electrons. The average molecular weight is 306 g/mol. The summed E-state index contributed by atoms with van der Waals surface area (Å²) in [5.74, 6) is -0.564. The number of hydrogen-bond acceptors (Lipinski definition) is 7. The molecule has 2 N–H and O–H groups in total. The zero-order valence-corrected chi connectivity index (χ0v) is 12.5. The van der Waals surface area contributed by atoms with Crippen LogP contribution in [-0.4, -0.2) is 54.0 Å². The molecule has 1 aromatic carbocycles. The van der Waals surface area contributed by atoms with Crippen LogP contribution in [0.4, 0.5) is 11.4 Å². The Bertz CT molecular complexity index is 630. The van der Waals surface area contributed by atoms with E-state index in [1.54, 1.807) is 0 Å². The first-order valence-electron chi connectivity index (χ1n) is 6.79. The lowest BCUT2D eigenvalue weighted by molar-refractivity contribution is -0.384. The molecule has 1 atom stereocenters. The predicted octanol–water partition coefficient (Wildman–Crippen LogP) is 0.363. The summed E-state index contributed by atoms with van der Waals surface area (Å²) in [5, 5.41) is 11.0. The van der Waals surface area contributed by atoms with Gasteiger partial charge in [-0.25, -0.2) is 0 Å². The Labute approximate surface area is 127 Å². The van der Waals surface area contributed by atoms with Crippen molar-refractivity contribution in [3.8, 4) is 0 Å². The van der Waals surface area contributed by atoms with E-state index in [1.807, 2.05) is 23.9 Å². The van der Waals surface area contributed by atoms with E-state index in [4.69, 9.17) is 5.73 Å². The van der Waals surface area contributed by atoms with Crippen molar-refractivity contribution in [1.82, 2.24) is 9.80 Å². The number of Topliss-reactive ketones (excluding diaryl/α,β-unsaturated/α-hetero) is 1. The van der Waals surface area contributed by atoms with Crippen LogP contribution < -0.4 is 5.73 Å². The zero-order chi connectivity index (χ0) is 16.4. The van der Waals surface area contributed by atoms with Crippen LogP contribution in [0, 0.1) is 10.1 Å². The van der Waals surface area contributed by atoms with Gasteiger partial charge in [0.1, 0.15) is 11.7 Å². The number of carbonyl (C=O) groups excluding carboxylic acids is 2. The maximum absolute atomic E-state index is 12.0. The van der Waals surface area contributed by atoms with Crippen molar-refractivity contribution in [2.75, 3.05) is 32.9 Å². The first-order valence-corrected chi connectivity index (χ1v) is 6.79. The highest BCUT2D eigenvalue weighted by molar-refractivity contribution is 6.27. The van der Waals surface area contributed by atoms with Gasteiger partial charge >= 0.3 is 0 Å². The van der Waals surface area contributed by atoms with Crippen molar-refractivity contribution in [2.24, 2.45) is 0 Å². The van der Waals surface area contributed by atoms with Crippen LogP contribution in [0.5, 0.6) is 0 Å². The van der Waals surface area contributed by atoms with E-state index in [0.29, 0.717) is 37.0 Å². The summed E-state index contributed by atoms with van der Waals surface area (Å²) in [6, 6.07) is 2.12. The molecule has 22 heavy (non-hydrogen) atoms. The van der Waals surface area contributed by atoms with Crippen molar-refractivity contribution >= 4 is 23.4 Å². The van der Waals surface area contributed by atoms with Crippen LogP contribution in [0.2, 0.25) is 0 Å². The number of nitrogen functional groups attached to an aromatic ring is 1. The summed E-state index contributed by atoms with van der Waals surface area (Å²) >= 11 is 0. The molecule has 0 spiro atoms. The number of ketones is 1. The standard InChI is InChI=1S/C14H18N4O4/c1-16(2)3-4-17-7-9-5-12(18(21)22)11(15)6-10(9)14(17)13(20)8-19/h5-6,8,14H,3-4,7,15H2,1-2H3. The topological polar surface area (TPSA) is 110 Å². The van der Waals surface area contributed by atoms with Crippen molar-refractivity contribution in [1.29, 1.82) is 0 Å². The summed E-state index contributed by atoms with van der Waals surface area (Å²) < 4.78 is 0. The minimum Gasteiger partial charge on any atom is -0.393 e. The van der Waals surface area contributed by atoms with Gasteiger partial charge in [0.15, 0.2) is 6.29 Å². The highest BCUT2D eigenvalue weighted by atomic mass is 16.6. The van der Waals surface area contributed by atoms with Crippen molar-refractivity contribution in [2.45, 2.75) is 12.6 Å². The Morgan fingerprint density at radius 1 is 1.55 bits per heavy atom.